The molecule has 0 aliphatic carbocycles. The standard InChI is InChI=1S/C15H15ClN2O2/c16-13-6-10-2-1-4-17-14(10)12(7-13)9-18-5-3-11(8-18)15(19)20/h1-2,4,6-7,11H,3,5,8-9H2,(H,19,20). The van der Waals surface area contributed by atoms with Crippen molar-refractivity contribution >= 4 is 28.5 Å². The summed E-state index contributed by atoms with van der Waals surface area (Å²) < 4.78 is 0. The molecule has 0 bridgehead atoms. The normalized spacial score (nSPS) is 19.6. The zero-order chi connectivity index (χ0) is 14.1. The van der Waals surface area contributed by atoms with Gasteiger partial charge in [0.2, 0.25) is 0 Å². The topological polar surface area (TPSA) is 53.4 Å². The van der Waals surface area contributed by atoms with Crippen molar-refractivity contribution in [1.82, 2.24) is 9.88 Å². The Bertz CT molecular complexity index is 659. The summed E-state index contributed by atoms with van der Waals surface area (Å²) in [6.07, 6.45) is 2.48. The van der Waals surface area contributed by atoms with Crippen LogP contribution in [0.3, 0.4) is 0 Å². The van der Waals surface area contributed by atoms with Gasteiger partial charge in [0.25, 0.3) is 0 Å². The summed E-state index contributed by atoms with van der Waals surface area (Å²) >= 11 is 6.15. The van der Waals surface area contributed by atoms with Gasteiger partial charge in [0.15, 0.2) is 0 Å². The molecule has 2 aromatic rings. The molecule has 0 radical (unpaired) electrons. The monoisotopic (exact) mass is 290 g/mol. The average Bonchev–Trinajstić information content (AvgIpc) is 2.87. The quantitative estimate of drug-likeness (QED) is 0.944. The Morgan fingerprint density at radius 1 is 1.50 bits per heavy atom. The highest BCUT2D eigenvalue weighted by atomic mass is 35.5. The summed E-state index contributed by atoms with van der Waals surface area (Å²) in [6, 6.07) is 7.70. The first-order chi connectivity index (χ1) is 9.63. The number of rotatable bonds is 3. The Hall–Kier alpha value is -1.65. The van der Waals surface area contributed by atoms with E-state index in [4.69, 9.17) is 16.7 Å². The first kappa shape index (κ1) is 13.3. The van der Waals surface area contributed by atoms with Gasteiger partial charge in [0.05, 0.1) is 11.4 Å². The Kier molecular flexibility index (Phi) is 3.59. The van der Waals surface area contributed by atoms with E-state index in [1.807, 2.05) is 24.3 Å². The van der Waals surface area contributed by atoms with Gasteiger partial charge in [-0.2, -0.15) is 0 Å². The lowest BCUT2D eigenvalue weighted by molar-refractivity contribution is -0.141. The van der Waals surface area contributed by atoms with Crippen molar-refractivity contribution in [3.05, 3.63) is 41.0 Å². The van der Waals surface area contributed by atoms with Crippen LogP contribution in [0, 0.1) is 5.92 Å². The predicted molar refractivity (Wildman–Crippen MR) is 77.8 cm³/mol. The highest BCUT2D eigenvalue weighted by molar-refractivity contribution is 6.31. The average molecular weight is 291 g/mol. The number of benzene rings is 1. The predicted octanol–water partition coefficient (Wildman–Crippen LogP) is 2.79. The molecule has 1 aliphatic rings. The third-order valence-corrected chi connectivity index (χ3v) is 3.98. The van der Waals surface area contributed by atoms with E-state index in [1.165, 1.54) is 0 Å². The van der Waals surface area contributed by atoms with Crippen LogP contribution in [0.15, 0.2) is 30.5 Å². The number of nitrogens with zero attached hydrogens (tertiary/aromatic N) is 2. The molecule has 104 valence electrons. The molecule has 0 saturated carbocycles. The summed E-state index contributed by atoms with van der Waals surface area (Å²) in [5.41, 5.74) is 2.00. The minimum Gasteiger partial charge on any atom is -0.481 e. The van der Waals surface area contributed by atoms with E-state index in [9.17, 15) is 4.79 Å². The van der Waals surface area contributed by atoms with E-state index in [-0.39, 0.29) is 5.92 Å². The molecule has 1 atom stereocenters. The molecule has 3 rings (SSSR count). The molecular weight excluding hydrogens is 276 g/mol. The van der Waals surface area contributed by atoms with Crippen LogP contribution in [0.25, 0.3) is 10.9 Å². The molecule has 5 heteroatoms. The van der Waals surface area contributed by atoms with Gasteiger partial charge in [-0.1, -0.05) is 17.7 Å². The fourth-order valence-corrected chi connectivity index (χ4v) is 3.02. The number of carboxylic acid groups (broad SMARTS) is 1. The number of aromatic nitrogens is 1. The van der Waals surface area contributed by atoms with Gasteiger partial charge in [0, 0.05) is 29.7 Å². The van der Waals surface area contributed by atoms with Gasteiger partial charge in [-0.3, -0.25) is 14.7 Å². The summed E-state index contributed by atoms with van der Waals surface area (Å²) in [6.45, 7) is 2.09. The van der Waals surface area contributed by atoms with E-state index >= 15 is 0 Å². The molecule has 0 spiro atoms. The minimum atomic E-state index is -0.707. The van der Waals surface area contributed by atoms with Crippen LogP contribution in [0.5, 0.6) is 0 Å². The van der Waals surface area contributed by atoms with Crippen LogP contribution in [-0.2, 0) is 11.3 Å². The number of fused-ring (bicyclic) bond motifs is 1. The number of hydrogen-bond donors (Lipinski definition) is 1. The Morgan fingerprint density at radius 2 is 2.35 bits per heavy atom. The van der Waals surface area contributed by atoms with E-state index < -0.39 is 5.97 Å². The number of hydrogen-bond acceptors (Lipinski definition) is 3. The summed E-state index contributed by atoms with van der Waals surface area (Å²) in [4.78, 5) is 17.6. The fraction of sp³-hybridized carbons (Fsp3) is 0.333. The summed E-state index contributed by atoms with van der Waals surface area (Å²) in [5, 5.41) is 10.8. The first-order valence-electron chi connectivity index (χ1n) is 6.62. The fourth-order valence-electron chi connectivity index (χ4n) is 2.77. The van der Waals surface area contributed by atoms with Crippen LogP contribution in [0.4, 0.5) is 0 Å². The van der Waals surface area contributed by atoms with Crippen LogP contribution < -0.4 is 0 Å². The number of carbonyl (C=O) groups is 1. The largest absolute Gasteiger partial charge is 0.481 e. The molecule has 1 aromatic carbocycles. The molecule has 1 fully saturated rings. The number of pyridine rings is 1. The van der Waals surface area contributed by atoms with Gasteiger partial charge in [0.1, 0.15) is 0 Å². The van der Waals surface area contributed by atoms with Crippen molar-refractivity contribution in [3.63, 3.8) is 0 Å². The molecule has 1 aliphatic heterocycles. The maximum absolute atomic E-state index is 11.0. The lowest BCUT2D eigenvalue weighted by Gasteiger charge is -2.16. The molecule has 0 amide bonds. The number of aliphatic carboxylic acids is 1. The second-order valence-electron chi connectivity index (χ2n) is 5.20. The molecular formula is C15H15ClN2O2. The molecule has 4 nitrogen and oxygen atoms in total. The van der Waals surface area contributed by atoms with E-state index in [0.717, 1.165) is 23.0 Å². The highest BCUT2D eigenvalue weighted by Crippen LogP contribution is 2.25. The Morgan fingerprint density at radius 3 is 3.10 bits per heavy atom. The Labute approximate surface area is 122 Å². The van der Waals surface area contributed by atoms with Crippen molar-refractivity contribution < 1.29 is 9.90 Å². The Balaban J connectivity index is 1.86. The summed E-state index contributed by atoms with van der Waals surface area (Å²) in [5.74, 6) is -0.963. The second-order valence-corrected chi connectivity index (χ2v) is 5.64. The molecule has 1 unspecified atom stereocenters. The lowest BCUT2D eigenvalue weighted by Crippen LogP contribution is -2.23. The van der Waals surface area contributed by atoms with Crippen LogP contribution in [0.2, 0.25) is 5.02 Å². The van der Waals surface area contributed by atoms with Gasteiger partial charge in [-0.15, -0.1) is 0 Å². The number of halogens is 1. The van der Waals surface area contributed by atoms with Gasteiger partial charge >= 0.3 is 5.97 Å². The zero-order valence-corrected chi connectivity index (χ0v) is 11.7. The van der Waals surface area contributed by atoms with Crippen molar-refractivity contribution in [2.24, 2.45) is 5.92 Å². The molecule has 2 heterocycles. The second kappa shape index (κ2) is 5.38. The third kappa shape index (κ3) is 2.62. The van der Waals surface area contributed by atoms with E-state index in [1.54, 1.807) is 6.20 Å². The van der Waals surface area contributed by atoms with Crippen molar-refractivity contribution in [2.45, 2.75) is 13.0 Å². The maximum atomic E-state index is 11.0. The lowest BCUT2D eigenvalue weighted by atomic mass is 10.1. The van der Waals surface area contributed by atoms with E-state index in [0.29, 0.717) is 24.5 Å². The van der Waals surface area contributed by atoms with Gasteiger partial charge in [-0.25, -0.2) is 0 Å². The molecule has 1 aromatic heterocycles. The van der Waals surface area contributed by atoms with Gasteiger partial charge in [-0.05, 0) is 36.7 Å². The zero-order valence-electron chi connectivity index (χ0n) is 10.9. The maximum Gasteiger partial charge on any atom is 0.307 e. The van der Waals surface area contributed by atoms with Crippen molar-refractivity contribution in [2.75, 3.05) is 13.1 Å². The molecule has 1 N–H and O–H groups in total. The number of carboxylic acids is 1. The van der Waals surface area contributed by atoms with E-state index in [2.05, 4.69) is 9.88 Å². The first-order valence-corrected chi connectivity index (χ1v) is 6.99. The summed E-state index contributed by atoms with van der Waals surface area (Å²) in [7, 11) is 0. The number of likely N-dealkylation sites (tertiary alicyclic amines) is 1. The van der Waals surface area contributed by atoms with Crippen LogP contribution in [0.1, 0.15) is 12.0 Å². The third-order valence-electron chi connectivity index (χ3n) is 3.76. The van der Waals surface area contributed by atoms with Crippen molar-refractivity contribution in [1.29, 1.82) is 0 Å². The van der Waals surface area contributed by atoms with Gasteiger partial charge < -0.3 is 5.11 Å². The van der Waals surface area contributed by atoms with Crippen LogP contribution in [-0.4, -0.2) is 34.0 Å². The molecule has 20 heavy (non-hydrogen) atoms. The highest BCUT2D eigenvalue weighted by Gasteiger charge is 2.28. The SMILES string of the molecule is O=C(O)C1CCN(Cc2cc(Cl)cc3cccnc23)C1. The van der Waals surface area contributed by atoms with Crippen LogP contribution >= 0.6 is 11.6 Å². The smallest absolute Gasteiger partial charge is 0.307 e. The minimum absolute atomic E-state index is 0.256. The van der Waals surface area contributed by atoms with Crippen molar-refractivity contribution in [3.8, 4) is 0 Å². The molecule has 1 saturated heterocycles.